The normalized spacial score (nSPS) is 12.0. The van der Waals surface area contributed by atoms with Crippen molar-refractivity contribution in [1.82, 2.24) is 14.9 Å². The fourth-order valence-corrected chi connectivity index (χ4v) is 4.21. The predicted molar refractivity (Wildman–Crippen MR) is 151 cm³/mol. The summed E-state index contributed by atoms with van der Waals surface area (Å²) in [5.74, 6) is -2.80. The average Bonchev–Trinajstić information content (AvgIpc) is 3.42. The molecule has 0 unspecified atom stereocenters. The van der Waals surface area contributed by atoms with E-state index in [2.05, 4.69) is 20.6 Å². The molecule has 12 heteroatoms. The molecule has 2 heterocycles. The number of carbonyl (C=O) groups excluding carboxylic acids is 3. The zero-order valence-electron chi connectivity index (χ0n) is 22.6. The lowest BCUT2D eigenvalue weighted by Gasteiger charge is -2.14. The lowest BCUT2D eigenvalue weighted by Crippen LogP contribution is -2.23. The maximum atomic E-state index is 12.8. The molecule has 3 rings (SSSR count). The van der Waals surface area contributed by atoms with Crippen LogP contribution < -0.4 is 10.6 Å². The first-order chi connectivity index (χ1) is 19.1. The second kappa shape index (κ2) is 14.1. The van der Waals surface area contributed by atoms with Crippen molar-refractivity contribution >= 4 is 40.1 Å². The highest BCUT2D eigenvalue weighted by atomic mass is 32.1. The van der Waals surface area contributed by atoms with Crippen LogP contribution in [0.3, 0.4) is 0 Å². The highest BCUT2D eigenvalue weighted by Gasteiger charge is 2.20. The molecule has 40 heavy (non-hydrogen) atoms. The Morgan fingerprint density at radius 1 is 1.18 bits per heavy atom. The first-order valence-corrected chi connectivity index (χ1v) is 13.2. The van der Waals surface area contributed by atoms with Gasteiger partial charge in [0.25, 0.3) is 5.91 Å². The number of hydrogen-bond acceptors (Lipinski definition) is 10. The Morgan fingerprint density at radius 3 is 2.60 bits per heavy atom. The summed E-state index contributed by atoms with van der Waals surface area (Å²) in [6.07, 6.45) is 5.46. The number of ether oxygens (including phenoxy) is 1. The standard InChI is InChI=1S/C28H30N6O5S/c1-5-22-15-31-28(40-22)33-26(37)17(2)18-7-6-8-19(11-18)21-12-20(13-29)25(30-14-21)32-27(38)23(9-10-34(3)4)39-24(36)16-35/h6-9,11-12,14-15,17,35H,5,10,16H2,1-4H3,(H,30,32,38)(H,31,33,37)/b23-9+/t17-/m0/s1. The predicted octanol–water partition coefficient (Wildman–Crippen LogP) is 3.30. The van der Waals surface area contributed by atoms with Gasteiger partial charge in [0.1, 0.15) is 12.7 Å². The number of nitrogens with zero attached hydrogens (tertiary/aromatic N) is 4. The van der Waals surface area contributed by atoms with E-state index in [1.54, 1.807) is 38.2 Å². The van der Waals surface area contributed by atoms with Gasteiger partial charge in [0.15, 0.2) is 16.7 Å². The quantitative estimate of drug-likeness (QED) is 0.181. The summed E-state index contributed by atoms with van der Waals surface area (Å²) in [5.41, 5.74) is 2.18. The summed E-state index contributed by atoms with van der Waals surface area (Å²) in [5, 5.41) is 24.6. The van der Waals surface area contributed by atoms with Crippen molar-refractivity contribution in [2.45, 2.75) is 26.2 Å². The smallest absolute Gasteiger partial charge is 0.337 e. The number of nitrogens with one attached hydrogen (secondary N) is 2. The Balaban J connectivity index is 1.80. The minimum absolute atomic E-state index is 0.0224. The van der Waals surface area contributed by atoms with Gasteiger partial charge in [-0.05, 0) is 50.7 Å². The molecule has 0 aliphatic rings. The molecular weight excluding hydrogens is 532 g/mol. The third kappa shape index (κ3) is 8.03. The molecule has 0 spiro atoms. The summed E-state index contributed by atoms with van der Waals surface area (Å²) >= 11 is 1.44. The van der Waals surface area contributed by atoms with Gasteiger partial charge < -0.3 is 25.4 Å². The highest BCUT2D eigenvalue weighted by Crippen LogP contribution is 2.28. The summed E-state index contributed by atoms with van der Waals surface area (Å²) in [4.78, 5) is 48.5. The monoisotopic (exact) mass is 562 g/mol. The Hall–Kier alpha value is -4.44. The van der Waals surface area contributed by atoms with Gasteiger partial charge in [-0.15, -0.1) is 11.3 Å². The summed E-state index contributed by atoms with van der Waals surface area (Å²) in [6, 6.07) is 10.9. The average molecular weight is 563 g/mol. The van der Waals surface area contributed by atoms with Crippen LogP contribution in [0.25, 0.3) is 11.1 Å². The van der Waals surface area contributed by atoms with Crippen LogP contribution in [0.1, 0.15) is 35.8 Å². The maximum absolute atomic E-state index is 12.8. The Kier molecular flexibility index (Phi) is 10.6. The van der Waals surface area contributed by atoms with E-state index >= 15 is 0 Å². The molecule has 0 saturated carbocycles. The largest absolute Gasteiger partial charge is 0.419 e. The van der Waals surface area contributed by atoms with E-state index < -0.39 is 24.4 Å². The van der Waals surface area contributed by atoms with Crippen LogP contribution in [0, 0.1) is 11.3 Å². The number of aryl methyl sites for hydroxylation is 1. The minimum atomic E-state index is -0.996. The van der Waals surface area contributed by atoms with Crippen LogP contribution in [0.4, 0.5) is 10.9 Å². The lowest BCUT2D eigenvalue weighted by atomic mass is 9.96. The van der Waals surface area contributed by atoms with Gasteiger partial charge in [-0.25, -0.2) is 14.8 Å². The van der Waals surface area contributed by atoms with Crippen molar-refractivity contribution in [2.24, 2.45) is 0 Å². The zero-order chi connectivity index (χ0) is 29.2. The number of esters is 1. The maximum Gasteiger partial charge on any atom is 0.337 e. The number of aromatic nitrogens is 2. The minimum Gasteiger partial charge on any atom is -0.419 e. The fourth-order valence-electron chi connectivity index (χ4n) is 3.46. The number of rotatable bonds is 11. The van der Waals surface area contributed by atoms with Crippen molar-refractivity contribution in [3.8, 4) is 17.2 Å². The molecule has 3 N–H and O–H groups in total. The van der Waals surface area contributed by atoms with Gasteiger partial charge in [-0.3, -0.25) is 9.59 Å². The molecule has 2 aromatic heterocycles. The van der Waals surface area contributed by atoms with Gasteiger partial charge >= 0.3 is 5.97 Å². The van der Waals surface area contributed by atoms with Crippen LogP contribution in [0.5, 0.6) is 0 Å². The molecule has 1 aromatic carbocycles. The van der Waals surface area contributed by atoms with Crippen LogP contribution in [-0.2, 0) is 25.5 Å². The number of hydrogen-bond donors (Lipinski definition) is 3. The van der Waals surface area contributed by atoms with Crippen molar-refractivity contribution in [2.75, 3.05) is 37.9 Å². The van der Waals surface area contributed by atoms with Crippen LogP contribution in [-0.4, -0.2) is 65.0 Å². The summed E-state index contributed by atoms with van der Waals surface area (Å²) in [6.45, 7) is 3.21. The zero-order valence-corrected chi connectivity index (χ0v) is 23.4. The van der Waals surface area contributed by atoms with Crippen molar-refractivity contribution < 1.29 is 24.2 Å². The summed E-state index contributed by atoms with van der Waals surface area (Å²) in [7, 11) is 3.53. The van der Waals surface area contributed by atoms with Gasteiger partial charge in [-0.2, -0.15) is 5.26 Å². The number of likely N-dealkylation sites (N-methyl/N-ethyl adjacent to an activating group) is 1. The fraction of sp³-hybridized carbons (Fsp3) is 0.286. The Bertz CT molecular complexity index is 1460. The molecule has 0 aliphatic heterocycles. The topological polar surface area (TPSA) is 158 Å². The summed E-state index contributed by atoms with van der Waals surface area (Å²) < 4.78 is 4.94. The molecule has 0 aliphatic carbocycles. The molecule has 2 amide bonds. The van der Waals surface area contributed by atoms with Gasteiger partial charge in [0.2, 0.25) is 5.91 Å². The molecule has 0 bridgehead atoms. The van der Waals surface area contributed by atoms with Crippen LogP contribution in [0.2, 0.25) is 0 Å². The van der Waals surface area contributed by atoms with Gasteiger partial charge in [0.05, 0.1) is 11.5 Å². The van der Waals surface area contributed by atoms with E-state index in [0.29, 0.717) is 10.7 Å². The first kappa shape index (κ1) is 30.1. The van der Waals surface area contributed by atoms with E-state index in [1.165, 1.54) is 23.6 Å². The Morgan fingerprint density at radius 2 is 1.95 bits per heavy atom. The van der Waals surface area contributed by atoms with E-state index in [1.807, 2.05) is 37.3 Å². The second-order valence-electron chi connectivity index (χ2n) is 8.97. The molecule has 0 fully saturated rings. The number of aliphatic hydroxyl groups excluding tert-OH is 1. The molecule has 208 valence electrons. The number of amides is 2. The molecule has 3 aromatic rings. The molecule has 0 saturated heterocycles. The number of nitriles is 1. The Labute approximate surface area is 236 Å². The van der Waals surface area contributed by atoms with Crippen LogP contribution in [0.15, 0.2) is 54.6 Å². The van der Waals surface area contributed by atoms with Crippen molar-refractivity contribution in [3.63, 3.8) is 0 Å². The van der Waals surface area contributed by atoms with E-state index in [4.69, 9.17) is 9.84 Å². The first-order valence-electron chi connectivity index (χ1n) is 12.4. The number of anilines is 2. The number of pyridine rings is 1. The SMILES string of the molecule is CCc1cnc(NC(=O)[C@@H](C)c2cccc(-c3cnc(NC(=O)/C(=C\CN(C)C)OC(=O)CO)c(C#N)c3)c2)s1. The highest BCUT2D eigenvalue weighted by molar-refractivity contribution is 7.15. The van der Waals surface area contributed by atoms with E-state index in [9.17, 15) is 19.6 Å². The van der Waals surface area contributed by atoms with Crippen LogP contribution >= 0.6 is 11.3 Å². The number of thiazole rings is 1. The van der Waals surface area contributed by atoms with E-state index in [-0.39, 0.29) is 29.6 Å². The number of benzene rings is 1. The molecule has 1 atom stereocenters. The third-order valence-electron chi connectivity index (χ3n) is 5.70. The van der Waals surface area contributed by atoms with Gasteiger partial charge in [0, 0.05) is 29.4 Å². The number of carbonyl (C=O) groups is 3. The molecule has 11 nitrogen and oxygen atoms in total. The molecular formula is C28H30N6O5S. The molecule has 0 radical (unpaired) electrons. The number of aliphatic hydroxyl groups is 1. The van der Waals surface area contributed by atoms with E-state index in [0.717, 1.165) is 22.4 Å². The second-order valence-corrected chi connectivity index (χ2v) is 10.1. The van der Waals surface area contributed by atoms with Crippen molar-refractivity contribution in [1.29, 1.82) is 5.26 Å². The van der Waals surface area contributed by atoms with Gasteiger partial charge in [-0.1, -0.05) is 31.2 Å². The van der Waals surface area contributed by atoms with Crippen molar-refractivity contribution in [3.05, 3.63) is 70.6 Å². The lowest BCUT2D eigenvalue weighted by molar-refractivity contribution is -0.145. The third-order valence-corrected chi connectivity index (χ3v) is 6.76.